The highest BCUT2D eigenvalue weighted by Gasteiger charge is 2.17. The molecular formula is C19H16FN5O2. The highest BCUT2D eigenvalue weighted by atomic mass is 19.1. The molecule has 0 aliphatic carbocycles. The summed E-state index contributed by atoms with van der Waals surface area (Å²) in [5, 5.41) is 4.71. The summed E-state index contributed by atoms with van der Waals surface area (Å²) < 4.78 is 21.4. The molecule has 0 fully saturated rings. The summed E-state index contributed by atoms with van der Waals surface area (Å²) >= 11 is 0. The molecule has 0 radical (unpaired) electrons. The van der Waals surface area contributed by atoms with E-state index in [1.165, 1.54) is 24.7 Å². The average Bonchev–Trinajstić information content (AvgIpc) is 3.12. The van der Waals surface area contributed by atoms with Gasteiger partial charge in [-0.2, -0.15) is 10.1 Å². The second kappa shape index (κ2) is 6.99. The van der Waals surface area contributed by atoms with Gasteiger partial charge in [-0.05, 0) is 18.6 Å². The van der Waals surface area contributed by atoms with Gasteiger partial charge >= 0.3 is 6.01 Å². The van der Waals surface area contributed by atoms with E-state index in [1.807, 2.05) is 6.92 Å². The van der Waals surface area contributed by atoms with Gasteiger partial charge in [-0.15, -0.1) is 0 Å². The normalized spacial score (nSPS) is 12.2. The van der Waals surface area contributed by atoms with Crippen LogP contribution in [0.15, 0.2) is 59.9 Å². The number of pyridine rings is 1. The first-order chi connectivity index (χ1) is 13.2. The van der Waals surface area contributed by atoms with Gasteiger partial charge < -0.3 is 4.74 Å². The second-order valence-corrected chi connectivity index (χ2v) is 5.97. The maximum atomic E-state index is 14.1. The van der Waals surface area contributed by atoms with E-state index in [4.69, 9.17) is 4.74 Å². The third-order valence-electron chi connectivity index (χ3n) is 4.25. The maximum Gasteiger partial charge on any atom is 0.302 e. The van der Waals surface area contributed by atoms with Crippen LogP contribution in [0.3, 0.4) is 0 Å². The Hall–Kier alpha value is -3.55. The van der Waals surface area contributed by atoms with Gasteiger partial charge in [-0.25, -0.2) is 4.39 Å². The van der Waals surface area contributed by atoms with E-state index in [-0.39, 0.29) is 23.4 Å². The number of hydrogen-bond donors (Lipinski definition) is 1. The standard InChI is InChI=1S/C19H16FN5O2/c1-2-17(13-5-3-4-6-15(13)20)25-11-12(9-22-25)27-19-23-16-10-21-8-7-14(16)18(26)24-19/h3-11,17H,2H2,1H3,(H,23,24,26). The van der Waals surface area contributed by atoms with E-state index in [0.29, 0.717) is 28.6 Å². The van der Waals surface area contributed by atoms with Crippen molar-refractivity contribution < 1.29 is 9.13 Å². The predicted octanol–water partition coefficient (Wildman–Crippen LogP) is 3.45. The predicted molar refractivity (Wildman–Crippen MR) is 97.3 cm³/mol. The van der Waals surface area contributed by atoms with Gasteiger partial charge in [0.15, 0.2) is 5.75 Å². The SMILES string of the molecule is CCC(c1ccccc1F)n1cc(Oc2nc3cnccc3c(=O)[nH]2)cn1. The van der Waals surface area contributed by atoms with Crippen molar-refractivity contribution in [3.05, 3.63) is 76.9 Å². The molecule has 1 aromatic carbocycles. The molecule has 3 aromatic heterocycles. The lowest BCUT2D eigenvalue weighted by molar-refractivity contribution is 0.437. The minimum atomic E-state index is -0.317. The molecule has 0 aliphatic rings. The summed E-state index contributed by atoms with van der Waals surface area (Å²) in [6.45, 7) is 1.95. The Labute approximate surface area is 153 Å². The summed E-state index contributed by atoms with van der Waals surface area (Å²) in [6, 6.07) is 7.97. The maximum absolute atomic E-state index is 14.1. The molecule has 0 saturated heterocycles. The Morgan fingerprint density at radius 2 is 2.11 bits per heavy atom. The summed E-state index contributed by atoms with van der Waals surface area (Å²) in [7, 11) is 0. The van der Waals surface area contributed by atoms with Crippen molar-refractivity contribution in [2.45, 2.75) is 19.4 Å². The van der Waals surface area contributed by atoms with Crippen molar-refractivity contribution in [1.29, 1.82) is 0 Å². The molecule has 1 atom stereocenters. The number of H-pyrrole nitrogens is 1. The minimum absolute atomic E-state index is 0.0407. The number of benzene rings is 1. The van der Waals surface area contributed by atoms with Gasteiger partial charge in [0, 0.05) is 11.8 Å². The van der Waals surface area contributed by atoms with E-state index < -0.39 is 0 Å². The molecule has 1 unspecified atom stereocenters. The van der Waals surface area contributed by atoms with Gasteiger partial charge in [0.25, 0.3) is 5.56 Å². The summed E-state index contributed by atoms with van der Waals surface area (Å²) in [4.78, 5) is 22.9. The summed E-state index contributed by atoms with van der Waals surface area (Å²) in [5.41, 5.74) is 0.668. The zero-order valence-electron chi connectivity index (χ0n) is 14.5. The molecule has 4 rings (SSSR count). The van der Waals surface area contributed by atoms with Crippen LogP contribution in [-0.2, 0) is 0 Å². The summed E-state index contributed by atoms with van der Waals surface area (Å²) in [6.07, 6.45) is 6.81. The Bertz CT molecular complexity index is 1150. The van der Waals surface area contributed by atoms with Crippen LogP contribution in [0.5, 0.6) is 11.8 Å². The van der Waals surface area contributed by atoms with E-state index in [9.17, 15) is 9.18 Å². The fourth-order valence-electron chi connectivity index (χ4n) is 2.97. The van der Waals surface area contributed by atoms with E-state index in [2.05, 4.69) is 20.1 Å². The second-order valence-electron chi connectivity index (χ2n) is 5.97. The van der Waals surface area contributed by atoms with Gasteiger partial charge in [0.1, 0.15) is 5.82 Å². The number of nitrogens with zero attached hydrogens (tertiary/aromatic N) is 4. The number of aromatic nitrogens is 5. The van der Waals surface area contributed by atoms with Crippen molar-refractivity contribution in [3.63, 3.8) is 0 Å². The largest absolute Gasteiger partial charge is 0.422 e. The van der Waals surface area contributed by atoms with Gasteiger partial charge in [0.05, 0.1) is 35.5 Å². The number of aromatic amines is 1. The first-order valence-corrected chi connectivity index (χ1v) is 8.46. The van der Waals surface area contributed by atoms with Crippen LogP contribution in [0.1, 0.15) is 24.9 Å². The van der Waals surface area contributed by atoms with E-state index >= 15 is 0 Å². The van der Waals surface area contributed by atoms with Gasteiger partial charge in [0.2, 0.25) is 0 Å². The molecule has 8 heteroatoms. The zero-order valence-corrected chi connectivity index (χ0v) is 14.5. The number of halogens is 1. The molecule has 1 N–H and O–H groups in total. The molecule has 4 aromatic rings. The zero-order chi connectivity index (χ0) is 18.8. The monoisotopic (exact) mass is 365 g/mol. The number of fused-ring (bicyclic) bond motifs is 1. The van der Waals surface area contributed by atoms with E-state index in [0.717, 1.165) is 0 Å². The Balaban J connectivity index is 1.63. The number of nitrogens with one attached hydrogen (secondary N) is 1. The van der Waals surface area contributed by atoms with Crippen LogP contribution in [0.2, 0.25) is 0 Å². The number of hydrogen-bond acceptors (Lipinski definition) is 5. The molecule has 0 spiro atoms. The van der Waals surface area contributed by atoms with Crippen LogP contribution in [-0.4, -0.2) is 24.7 Å². The third kappa shape index (κ3) is 3.29. The Morgan fingerprint density at radius 1 is 1.26 bits per heavy atom. The van der Waals surface area contributed by atoms with Gasteiger partial charge in [-0.1, -0.05) is 25.1 Å². The van der Waals surface area contributed by atoms with Crippen LogP contribution in [0, 0.1) is 5.82 Å². The van der Waals surface area contributed by atoms with Crippen molar-refractivity contribution in [3.8, 4) is 11.8 Å². The van der Waals surface area contributed by atoms with Crippen molar-refractivity contribution >= 4 is 10.9 Å². The molecule has 0 saturated carbocycles. The van der Waals surface area contributed by atoms with E-state index in [1.54, 1.807) is 35.1 Å². The third-order valence-corrected chi connectivity index (χ3v) is 4.25. The smallest absolute Gasteiger partial charge is 0.302 e. The lowest BCUT2D eigenvalue weighted by Gasteiger charge is -2.16. The quantitative estimate of drug-likeness (QED) is 0.585. The molecule has 0 amide bonds. The Kier molecular flexibility index (Phi) is 4.37. The van der Waals surface area contributed by atoms with Crippen LogP contribution >= 0.6 is 0 Å². The van der Waals surface area contributed by atoms with Crippen molar-refractivity contribution in [2.24, 2.45) is 0 Å². The summed E-state index contributed by atoms with van der Waals surface area (Å²) in [5.74, 6) is 0.103. The minimum Gasteiger partial charge on any atom is -0.422 e. The molecule has 136 valence electrons. The molecule has 0 aliphatic heterocycles. The van der Waals surface area contributed by atoms with Crippen LogP contribution < -0.4 is 10.3 Å². The lowest BCUT2D eigenvalue weighted by atomic mass is 10.0. The Morgan fingerprint density at radius 3 is 2.93 bits per heavy atom. The van der Waals surface area contributed by atoms with Crippen molar-refractivity contribution in [1.82, 2.24) is 24.7 Å². The molecule has 3 heterocycles. The van der Waals surface area contributed by atoms with Crippen LogP contribution in [0.4, 0.5) is 4.39 Å². The highest BCUT2D eigenvalue weighted by Crippen LogP contribution is 2.26. The fraction of sp³-hybridized carbons (Fsp3) is 0.158. The van der Waals surface area contributed by atoms with Crippen molar-refractivity contribution in [2.75, 3.05) is 0 Å². The topological polar surface area (TPSA) is 85.7 Å². The molecular weight excluding hydrogens is 349 g/mol. The number of ether oxygens (including phenoxy) is 1. The highest BCUT2D eigenvalue weighted by molar-refractivity contribution is 5.76. The molecule has 7 nitrogen and oxygen atoms in total. The molecule has 27 heavy (non-hydrogen) atoms. The number of rotatable bonds is 5. The van der Waals surface area contributed by atoms with Gasteiger partial charge in [-0.3, -0.25) is 19.4 Å². The fourth-order valence-corrected chi connectivity index (χ4v) is 2.97. The average molecular weight is 365 g/mol. The lowest BCUT2D eigenvalue weighted by Crippen LogP contribution is -2.12. The first-order valence-electron chi connectivity index (χ1n) is 8.46. The first kappa shape index (κ1) is 16.9. The molecule has 0 bridgehead atoms. The van der Waals surface area contributed by atoms with Crippen LogP contribution in [0.25, 0.3) is 10.9 Å².